The van der Waals surface area contributed by atoms with Crippen LogP contribution in [0.4, 0.5) is 5.00 Å². The largest absolute Gasteiger partial charge is 0.460 e. The van der Waals surface area contributed by atoms with Gasteiger partial charge < -0.3 is 25.3 Å². The minimum absolute atomic E-state index is 0.00538. The van der Waals surface area contributed by atoms with Gasteiger partial charge in [-0.3, -0.25) is 14.6 Å². The fourth-order valence-corrected chi connectivity index (χ4v) is 4.45. The van der Waals surface area contributed by atoms with E-state index in [-0.39, 0.29) is 39.8 Å². The Bertz CT molecular complexity index is 1320. The maximum Gasteiger partial charge on any atom is 0.341 e. The van der Waals surface area contributed by atoms with Gasteiger partial charge in [0.1, 0.15) is 11.6 Å². The summed E-state index contributed by atoms with van der Waals surface area (Å²) in [6.45, 7) is 4.72. The van der Waals surface area contributed by atoms with Crippen molar-refractivity contribution in [3.05, 3.63) is 57.1 Å². The molecule has 3 rings (SSSR count). The summed E-state index contributed by atoms with van der Waals surface area (Å²) in [6.07, 6.45) is 0. The summed E-state index contributed by atoms with van der Waals surface area (Å²) in [6, 6.07) is 7.11. The molecule has 0 bridgehead atoms. The number of ether oxygens (including phenoxy) is 3. The van der Waals surface area contributed by atoms with E-state index in [9.17, 15) is 19.2 Å². The number of benzene rings is 1. The smallest absolute Gasteiger partial charge is 0.341 e. The van der Waals surface area contributed by atoms with E-state index in [1.807, 2.05) is 25.1 Å². The number of aromatic nitrogens is 1. The van der Waals surface area contributed by atoms with E-state index in [0.717, 1.165) is 16.9 Å². The first-order valence-electron chi connectivity index (χ1n) is 10.6. The average molecular weight is 500 g/mol. The lowest BCUT2D eigenvalue weighted by atomic mass is 10.1. The van der Waals surface area contributed by atoms with Crippen molar-refractivity contribution in [1.82, 2.24) is 4.98 Å². The zero-order valence-corrected chi connectivity index (χ0v) is 20.5. The fourth-order valence-electron chi connectivity index (χ4n) is 3.38. The summed E-state index contributed by atoms with van der Waals surface area (Å²) >= 11 is 0.839. The highest BCUT2D eigenvalue weighted by Gasteiger charge is 2.26. The number of anilines is 1. The highest BCUT2D eigenvalue weighted by molar-refractivity contribution is 7.18. The summed E-state index contributed by atoms with van der Waals surface area (Å²) < 4.78 is 15.2. The third-order valence-corrected chi connectivity index (χ3v) is 6.22. The van der Waals surface area contributed by atoms with E-state index in [2.05, 4.69) is 10.3 Å². The van der Waals surface area contributed by atoms with Crippen LogP contribution in [0.2, 0.25) is 0 Å². The summed E-state index contributed by atoms with van der Waals surface area (Å²) in [4.78, 5) is 54.2. The predicted molar refractivity (Wildman–Crippen MR) is 130 cm³/mol. The second-order valence-electron chi connectivity index (χ2n) is 7.71. The van der Waals surface area contributed by atoms with E-state index in [0.29, 0.717) is 16.6 Å². The number of carbonyl (C=O) groups is 4. The third kappa shape index (κ3) is 6.00. The second kappa shape index (κ2) is 11.1. The molecule has 0 fully saturated rings. The van der Waals surface area contributed by atoms with Gasteiger partial charge in [0, 0.05) is 18.2 Å². The molecule has 0 radical (unpaired) electrons. The van der Waals surface area contributed by atoms with Crippen LogP contribution in [0.25, 0.3) is 10.9 Å². The number of hydrogen-bond donors (Lipinski definition) is 2. The van der Waals surface area contributed by atoms with E-state index in [1.165, 1.54) is 14.0 Å². The SMILES string of the molecule is COCCOC(=O)c1c(NC(=O)COC(=O)c2cc(C)nc3ccc(C)cc23)sc(C(N)=O)c1C. The van der Waals surface area contributed by atoms with Gasteiger partial charge in [-0.25, -0.2) is 9.59 Å². The number of rotatable bonds is 9. The van der Waals surface area contributed by atoms with Crippen molar-refractivity contribution in [1.29, 1.82) is 0 Å². The quantitative estimate of drug-likeness (QED) is 0.337. The normalized spacial score (nSPS) is 10.7. The van der Waals surface area contributed by atoms with Crippen molar-refractivity contribution >= 4 is 51.0 Å². The Labute approximate surface area is 205 Å². The van der Waals surface area contributed by atoms with Crippen LogP contribution in [0.5, 0.6) is 0 Å². The molecule has 0 aliphatic rings. The highest BCUT2D eigenvalue weighted by atomic mass is 32.1. The molecule has 10 nitrogen and oxygen atoms in total. The monoisotopic (exact) mass is 499 g/mol. The van der Waals surface area contributed by atoms with Crippen LogP contribution in [0, 0.1) is 20.8 Å². The van der Waals surface area contributed by atoms with E-state index < -0.39 is 30.4 Å². The van der Waals surface area contributed by atoms with Gasteiger partial charge in [0.15, 0.2) is 6.61 Å². The lowest BCUT2D eigenvalue weighted by Gasteiger charge is -2.10. The van der Waals surface area contributed by atoms with Crippen molar-refractivity contribution in [2.24, 2.45) is 5.73 Å². The molecule has 35 heavy (non-hydrogen) atoms. The second-order valence-corrected chi connectivity index (χ2v) is 8.73. The molecule has 3 aromatic rings. The number of nitrogens with one attached hydrogen (secondary N) is 1. The molecular weight excluding hydrogens is 474 g/mol. The van der Waals surface area contributed by atoms with E-state index in [1.54, 1.807) is 13.0 Å². The summed E-state index contributed by atoms with van der Waals surface area (Å²) in [5, 5.41) is 3.20. The number of aryl methyl sites for hydroxylation is 2. The van der Waals surface area contributed by atoms with Crippen LogP contribution in [0.3, 0.4) is 0 Å². The standard InChI is InChI=1S/C24H25N3O7S/c1-12-5-6-17-15(9-12)16(10-13(2)26-17)23(30)34-11-18(28)27-22-19(24(31)33-8-7-32-4)14(3)20(35-22)21(25)29/h5-6,9-10H,7-8,11H2,1-4H3,(H2,25,29)(H,27,28). The number of carbonyl (C=O) groups excluding carboxylic acids is 4. The van der Waals surface area contributed by atoms with Gasteiger partial charge in [0.25, 0.3) is 11.8 Å². The number of primary amides is 1. The van der Waals surface area contributed by atoms with Gasteiger partial charge in [0.2, 0.25) is 0 Å². The molecule has 0 saturated heterocycles. The minimum atomic E-state index is -0.749. The van der Waals surface area contributed by atoms with Crippen LogP contribution < -0.4 is 11.1 Å². The van der Waals surface area contributed by atoms with Crippen LogP contribution >= 0.6 is 11.3 Å². The molecular formula is C24H25N3O7S. The van der Waals surface area contributed by atoms with Gasteiger partial charge >= 0.3 is 11.9 Å². The maximum absolute atomic E-state index is 12.8. The molecule has 0 unspecified atom stereocenters. The number of amides is 2. The number of nitrogens with two attached hydrogens (primary N) is 1. The van der Waals surface area contributed by atoms with Crippen LogP contribution in [0.1, 0.15) is 47.2 Å². The Morgan fingerprint density at radius 2 is 1.77 bits per heavy atom. The molecule has 11 heteroatoms. The van der Waals surface area contributed by atoms with Crippen molar-refractivity contribution in [2.45, 2.75) is 20.8 Å². The molecule has 0 spiro atoms. The zero-order valence-electron chi connectivity index (χ0n) is 19.7. The van der Waals surface area contributed by atoms with Gasteiger partial charge in [-0.1, -0.05) is 11.6 Å². The molecule has 0 saturated carbocycles. The van der Waals surface area contributed by atoms with Crippen molar-refractivity contribution in [2.75, 3.05) is 32.2 Å². The van der Waals surface area contributed by atoms with Crippen molar-refractivity contribution < 1.29 is 33.4 Å². The summed E-state index contributed by atoms with van der Waals surface area (Å²) in [7, 11) is 1.46. The summed E-state index contributed by atoms with van der Waals surface area (Å²) in [5.41, 5.74) is 8.17. The Hall–Kier alpha value is -3.83. The molecule has 1 aromatic carbocycles. The molecule has 0 atom stereocenters. The minimum Gasteiger partial charge on any atom is -0.460 e. The Kier molecular flexibility index (Phi) is 8.15. The number of nitrogens with zero attached hydrogens (tertiary/aromatic N) is 1. The zero-order chi connectivity index (χ0) is 25.7. The fraction of sp³-hybridized carbons (Fsp3) is 0.292. The number of hydrogen-bond acceptors (Lipinski definition) is 9. The van der Waals surface area contributed by atoms with Crippen LogP contribution in [0.15, 0.2) is 24.3 Å². The van der Waals surface area contributed by atoms with E-state index in [4.69, 9.17) is 19.9 Å². The first kappa shape index (κ1) is 25.8. The van der Waals surface area contributed by atoms with Gasteiger partial charge in [-0.15, -0.1) is 11.3 Å². The number of methoxy groups -OCH3 is 1. The van der Waals surface area contributed by atoms with Crippen LogP contribution in [-0.4, -0.2) is 55.7 Å². The van der Waals surface area contributed by atoms with E-state index >= 15 is 0 Å². The predicted octanol–water partition coefficient (Wildman–Crippen LogP) is 2.92. The topological polar surface area (TPSA) is 147 Å². The summed E-state index contributed by atoms with van der Waals surface area (Å²) in [5.74, 6) is -2.89. The first-order chi connectivity index (χ1) is 16.6. The Morgan fingerprint density at radius 3 is 2.46 bits per heavy atom. The molecule has 0 aliphatic heterocycles. The molecule has 2 heterocycles. The van der Waals surface area contributed by atoms with Gasteiger partial charge in [-0.2, -0.15) is 0 Å². The number of esters is 2. The number of pyridine rings is 1. The molecule has 0 aliphatic carbocycles. The van der Waals surface area contributed by atoms with Gasteiger partial charge in [-0.05, 0) is 44.5 Å². The lowest BCUT2D eigenvalue weighted by Crippen LogP contribution is -2.22. The molecule has 2 aromatic heterocycles. The average Bonchev–Trinajstić information content (AvgIpc) is 3.13. The molecule has 2 amide bonds. The highest BCUT2D eigenvalue weighted by Crippen LogP contribution is 2.33. The van der Waals surface area contributed by atoms with Gasteiger partial charge in [0.05, 0.1) is 28.1 Å². The maximum atomic E-state index is 12.8. The molecule has 184 valence electrons. The Morgan fingerprint density at radius 1 is 1.03 bits per heavy atom. The third-order valence-electron chi connectivity index (χ3n) is 4.99. The lowest BCUT2D eigenvalue weighted by molar-refractivity contribution is -0.119. The Balaban J connectivity index is 1.77. The number of thiophene rings is 1. The number of fused-ring (bicyclic) bond motifs is 1. The first-order valence-corrected chi connectivity index (χ1v) is 11.4. The van der Waals surface area contributed by atoms with Crippen molar-refractivity contribution in [3.8, 4) is 0 Å². The molecule has 3 N–H and O–H groups in total. The van der Waals surface area contributed by atoms with Crippen molar-refractivity contribution in [3.63, 3.8) is 0 Å². The van der Waals surface area contributed by atoms with Crippen LogP contribution in [-0.2, 0) is 19.0 Å².